The minimum Gasteiger partial charge on any atom is -0.491 e. The van der Waals surface area contributed by atoms with Gasteiger partial charge in [0.2, 0.25) is 0 Å². The predicted molar refractivity (Wildman–Crippen MR) is 85.9 cm³/mol. The van der Waals surface area contributed by atoms with E-state index in [1.54, 1.807) is 6.20 Å². The summed E-state index contributed by atoms with van der Waals surface area (Å²) >= 11 is 6.26. The number of nitrogens with one attached hydrogen (secondary N) is 1. The van der Waals surface area contributed by atoms with Crippen LogP contribution in [0.3, 0.4) is 0 Å². The molecule has 114 valence electrons. The van der Waals surface area contributed by atoms with Crippen LogP contribution in [0.5, 0.6) is 5.75 Å². The van der Waals surface area contributed by atoms with Crippen molar-refractivity contribution in [3.8, 4) is 5.75 Å². The number of hydrogen-bond donors (Lipinski definition) is 1. The minimum atomic E-state index is 0.565. The quantitative estimate of drug-likeness (QED) is 0.761. The van der Waals surface area contributed by atoms with Crippen molar-refractivity contribution in [3.63, 3.8) is 0 Å². The molecule has 2 aromatic rings. The van der Waals surface area contributed by atoms with E-state index in [4.69, 9.17) is 16.3 Å². The van der Waals surface area contributed by atoms with Gasteiger partial charge in [-0.3, -0.25) is 0 Å². The Morgan fingerprint density at radius 3 is 2.95 bits per heavy atom. The highest BCUT2D eigenvalue weighted by Gasteiger charge is 2.09. The average molecular weight is 308 g/mol. The number of aromatic nitrogens is 2. The van der Waals surface area contributed by atoms with Crippen LogP contribution in [0, 0.1) is 0 Å². The molecule has 5 heteroatoms. The zero-order chi connectivity index (χ0) is 15.1. The summed E-state index contributed by atoms with van der Waals surface area (Å²) in [7, 11) is 1.98. The second-order valence-corrected chi connectivity index (χ2v) is 5.36. The Balaban J connectivity index is 1.96. The minimum absolute atomic E-state index is 0.565. The molecule has 0 fully saturated rings. The Kier molecular flexibility index (Phi) is 6.08. The second kappa shape index (κ2) is 8.05. The van der Waals surface area contributed by atoms with E-state index < -0.39 is 0 Å². The predicted octanol–water partition coefficient (Wildman–Crippen LogP) is 3.19. The summed E-state index contributed by atoms with van der Waals surface area (Å²) in [6.45, 7) is 4.47. The molecule has 4 nitrogen and oxygen atoms in total. The van der Waals surface area contributed by atoms with E-state index in [1.807, 2.05) is 36.0 Å². The van der Waals surface area contributed by atoms with Crippen LogP contribution in [0.1, 0.15) is 24.7 Å². The van der Waals surface area contributed by atoms with E-state index in [1.165, 1.54) is 0 Å². The Bertz CT molecular complexity index is 568. The van der Waals surface area contributed by atoms with Crippen LogP contribution < -0.4 is 10.1 Å². The zero-order valence-corrected chi connectivity index (χ0v) is 13.4. The van der Waals surface area contributed by atoms with Gasteiger partial charge in [0.1, 0.15) is 11.6 Å². The lowest BCUT2D eigenvalue weighted by Gasteiger charge is -2.13. The molecule has 1 N–H and O–H groups in total. The molecule has 0 atom stereocenters. The van der Waals surface area contributed by atoms with Crippen LogP contribution in [0.4, 0.5) is 0 Å². The summed E-state index contributed by atoms with van der Waals surface area (Å²) in [5, 5.41) is 4.03. The summed E-state index contributed by atoms with van der Waals surface area (Å²) in [5.41, 5.74) is 1.09. The average Bonchev–Trinajstić information content (AvgIpc) is 2.87. The van der Waals surface area contributed by atoms with Crippen molar-refractivity contribution >= 4 is 11.6 Å². The molecule has 0 bridgehead atoms. The third-order valence-electron chi connectivity index (χ3n) is 3.28. The molecule has 0 amide bonds. The number of rotatable bonds is 8. The van der Waals surface area contributed by atoms with E-state index >= 15 is 0 Å². The number of nitrogens with zero attached hydrogens (tertiary/aromatic N) is 2. The van der Waals surface area contributed by atoms with Gasteiger partial charge in [-0.2, -0.15) is 0 Å². The Hall–Kier alpha value is -1.52. The standard InChI is InChI=1S/C16H22ClN3O/c1-3-8-18-12-13-5-4-6-14(17)16(13)21-11-7-15-19-9-10-20(15)2/h4-6,9-10,18H,3,7-8,11-12H2,1-2H3. The second-order valence-electron chi connectivity index (χ2n) is 4.96. The molecule has 0 saturated carbocycles. The summed E-state index contributed by atoms with van der Waals surface area (Å²) in [5.74, 6) is 1.78. The summed E-state index contributed by atoms with van der Waals surface area (Å²) < 4.78 is 7.90. The van der Waals surface area contributed by atoms with Crippen molar-refractivity contribution in [3.05, 3.63) is 47.0 Å². The maximum absolute atomic E-state index is 6.26. The summed E-state index contributed by atoms with van der Waals surface area (Å²) in [4.78, 5) is 4.29. The number of hydrogen-bond acceptors (Lipinski definition) is 3. The molecule has 1 aromatic carbocycles. The van der Waals surface area contributed by atoms with Crippen LogP contribution in [0.2, 0.25) is 5.02 Å². The van der Waals surface area contributed by atoms with Gasteiger partial charge in [0.05, 0.1) is 11.6 Å². The van der Waals surface area contributed by atoms with Gasteiger partial charge >= 0.3 is 0 Å². The van der Waals surface area contributed by atoms with Gasteiger partial charge in [-0.15, -0.1) is 0 Å². The van der Waals surface area contributed by atoms with Gasteiger partial charge in [-0.1, -0.05) is 30.7 Å². The summed E-state index contributed by atoms with van der Waals surface area (Å²) in [6, 6.07) is 5.86. The first kappa shape index (κ1) is 15.9. The molecule has 2 rings (SSSR count). The van der Waals surface area contributed by atoms with Crippen LogP contribution >= 0.6 is 11.6 Å². The highest BCUT2D eigenvalue weighted by atomic mass is 35.5. The lowest BCUT2D eigenvalue weighted by atomic mass is 10.2. The molecular formula is C16H22ClN3O. The fraction of sp³-hybridized carbons (Fsp3) is 0.438. The number of imidazole rings is 1. The third kappa shape index (κ3) is 4.48. The fourth-order valence-electron chi connectivity index (χ4n) is 2.14. The molecule has 21 heavy (non-hydrogen) atoms. The van der Waals surface area contributed by atoms with Gasteiger partial charge < -0.3 is 14.6 Å². The maximum Gasteiger partial charge on any atom is 0.142 e. The number of para-hydroxylation sites is 1. The van der Waals surface area contributed by atoms with Gasteiger partial charge in [-0.25, -0.2) is 4.98 Å². The molecule has 0 saturated heterocycles. The molecule has 1 aromatic heterocycles. The first-order chi connectivity index (χ1) is 10.2. The van der Waals surface area contributed by atoms with Crippen LogP contribution in [0.25, 0.3) is 0 Å². The van der Waals surface area contributed by atoms with Crippen molar-refractivity contribution in [2.45, 2.75) is 26.3 Å². The normalized spacial score (nSPS) is 10.8. The molecule has 0 aliphatic rings. The van der Waals surface area contributed by atoms with E-state index in [0.717, 1.165) is 43.1 Å². The van der Waals surface area contributed by atoms with E-state index in [2.05, 4.69) is 17.2 Å². The molecular weight excluding hydrogens is 286 g/mol. The molecule has 0 aliphatic carbocycles. The van der Waals surface area contributed by atoms with Crippen molar-refractivity contribution in [2.24, 2.45) is 7.05 Å². The largest absolute Gasteiger partial charge is 0.491 e. The fourth-order valence-corrected chi connectivity index (χ4v) is 2.38. The third-order valence-corrected chi connectivity index (χ3v) is 3.58. The number of ether oxygens (including phenoxy) is 1. The SMILES string of the molecule is CCCNCc1cccc(Cl)c1OCCc1nccn1C. The maximum atomic E-state index is 6.26. The van der Waals surface area contributed by atoms with Gasteiger partial charge in [0.25, 0.3) is 0 Å². The van der Waals surface area contributed by atoms with Gasteiger partial charge in [0, 0.05) is 38.0 Å². The van der Waals surface area contributed by atoms with E-state index in [9.17, 15) is 0 Å². The first-order valence-corrected chi connectivity index (χ1v) is 7.67. The zero-order valence-electron chi connectivity index (χ0n) is 12.6. The van der Waals surface area contributed by atoms with Crippen LogP contribution in [-0.4, -0.2) is 22.7 Å². The Labute approximate surface area is 131 Å². The van der Waals surface area contributed by atoms with Gasteiger partial charge in [-0.05, 0) is 19.0 Å². The van der Waals surface area contributed by atoms with E-state index in [0.29, 0.717) is 11.6 Å². The molecule has 1 heterocycles. The number of benzene rings is 1. The monoisotopic (exact) mass is 307 g/mol. The lowest BCUT2D eigenvalue weighted by Crippen LogP contribution is -2.15. The Morgan fingerprint density at radius 1 is 1.38 bits per heavy atom. The van der Waals surface area contributed by atoms with Crippen LogP contribution in [-0.2, 0) is 20.0 Å². The Morgan fingerprint density at radius 2 is 2.24 bits per heavy atom. The molecule has 0 radical (unpaired) electrons. The van der Waals surface area contributed by atoms with E-state index in [-0.39, 0.29) is 0 Å². The number of halogens is 1. The molecule has 0 unspecified atom stereocenters. The summed E-state index contributed by atoms with van der Waals surface area (Å²) in [6.07, 6.45) is 5.60. The van der Waals surface area contributed by atoms with Crippen molar-refractivity contribution < 1.29 is 4.74 Å². The van der Waals surface area contributed by atoms with Crippen molar-refractivity contribution in [1.29, 1.82) is 0 Å². The van der Waals surface area contributed by atoms with Crippen LogP contribution in [0.15, 0.2) is 30.6 Å². The number of aryl methyl sites for hydroxylation is 1. The highest BCUT2D eigenvalue weighted by Crippen LogP contribution is 2.28. The van der Waals surface area contributed by atoms with Gasteiger partial charge in [0.15, 0.2) is 0 Å². The highest BCUT2D eigenvalue weighted by molar-refractivity contribution is 6.32. The molecule has 0 spiro atoms. The molecule has 0 aliphatic heterocycles. The topological polar surface area (TPSA) is 39.1 Å². The smallest absolute Gasteiger partial charge is 0.142 e. The van der Waals surface area contributed by atoms with Crippen molar-refractivity contribution in [2.75, 3.05) is 13.2 Å². The van der Waals surface area contributed by atoms with Crippen molar-refractivity contribution in [1.82, 2.24) is 14.9 Å². The lowest BCUT2D eigenvalue weighted by molar-refractivity contribution is 0.313. The first-order valence-electron chi connectivity index (χ1n) is 7.29.